The molecule has 0 aliphatic carbocycles. The van der Waals surface area contributed by atoms with E-state index >= 15 is 0 Å². The van der Waals surface area contributed by atoms with Crippen LogP contribution >= 0.6 is 0 Å². The van der Waals surface area contributed by atoms with Gasteiger partial charge in [-0.15, -0.1) is 0 Å². The summed E-state index contributed by atoms with van der Waals surface area (Å²) in [6, 6.07) is 0. The van der Waals surface area contributed by atoms with E-state index in [0.29, 0.717) is 6.54 Å². The molecule has 0 spiro atoms. The zero-order chi connectivity index (χ0) is 4.99. The number of hydrogen-bond donors (Lipinski definition) is 2. The lowest BCUT2D eigenvalue weighted by atomic mass is 10.8. The summed E-state index contributed by atoms with van der Waals surface area (Å²) in [7, 11) is 0. The highest BCUT2D eigenvalue weighted by Crippen LogP contribution is 1.58. The molecule has 0 atom stereocenters. The summed E-state index contributed by atoms with van der Waals surface area (Å²) in [5.74, 6) is 0.164. The molecule has 0 fully saturated rings. The summed E-state index contributed by atoms with van der Waals surface area (Å²) in [6.45, 7) is 2.54. The van der Waals surface area contributed by atoms with Crippen LogP contribution in [0.3, 0.4) is 0 Å². The summed E-state index contributed by atoms with van der Waals surface area (Å²) in [5, 5.41) is 0. The van der Waals surface area contributed by atoms with Crippen LogP contribution in [-0.2, 0) is 0 Å². The van der Waals surface area contributed by atoms with Crippen molar-refractivity contribution in [2.45, 2.75) is 21.8 Å². The molecule has 3 nitrogen and oxygen atoms in total. The van der Waals surface area contributed by atoms with Gasteiger partial charge in [0.15, 0.2) is 5.96 Å². The minimum Gasteiger partial charge on any atom is -0.370 e. The SMILES string of the molecule is C.C.CCN=C(N)N. The first-order chi connectivity index (χ1) is 2.77. The van der Waals surface area contributed by atoms with Crippen molar-refractivity contribution in [2.75, 3.05) is 6.54 Å². The zero-order valence-corrected chi connectivity index (χ0v) is 3.81. The van der Waals surface area contributed by atoms with Crippen LogP contribution < -0.4 is 11.5 Å². The molecule has 0 bridgehead atoms. The van der Waals surface area contributed by atoms with Crippen LogP contribution in [0.5, 0.6) is 0 Å². The third-order valence-corrected chi connectivity index (χ3v) is 0.341. The topological polar surface area (TPSA) is 64.4 Å². The van der Waals surface area contributed by atoms with Gasteiger partial charge in [0, 0.05) is 6.54 Å². The van der Waals surface area contributed by atoms with Crippen LogP contribution in [0.4, 0.5) is 0 Å². The second-order valence-corrected chi connectivity index (χ2v) is 0.899. The third-order valence-electron chi connectivity index (χ3n) is 0.341. The standard InChI is InChI=1S/C3H9N3.2CH4/c1-2-6-3(4)5;;/h2H2,1H3,(H4,4,5,6);2*1H4. The van der Waals surface area contributed by atoms with Crippen molar-refractivity contribution in [3.05, 3.63) is 0 Å². The second-order valence-electron chi connectivity index (χ2n) is 0.899. The van der Waals surface area contributed by atoms with E-state index in [1.54, 1.807) is 0 Å². The number of hydrogen-bond acceptors (Lipinski definition) is 1. The first-order valence-corrected chi connectivity index (χ1v) is 1.82. The van der Waals surface area contributed by atoms with Crippen molar-refractivity contribution < 1.29 is 0 Å². The van der Waals surface area contributed by atoms with Crippen molar-refractivity contribution in [3.63, 3.8) is 0 Å². The Morgan fingerprint density at radius 3 is 1.75 bits per heavy atom. The van der Waals surface area contributed by atoms with Crippen molar-refractivity contribution in [1.29, 1.82) is 0 Å². The van der Waals surface area contributed by atoms with Crippen molar-refractivity contribution >= 4 is 5.96 Å². The predicted octanol–water partition coefficient (Wildman–Crippen LogP) is 0.552. The Kier molecular flexibility index (Phi) is 18.7. The molecule has 52 valence electrons. The molecule has 0 aliphatic rings. The van der Waals surface area contributed by atoms with Crippen LogP contribution in [-0.4, -0.2) is 12.5 Å². The van der Waals surface area contributed by atoms with Gasteiger partial charge in [-0.3, -0.25) is 4.99 Å². The molecule has 0 aromatic carbocycles. The van der Waals surface area contributed by atoms with Gasteiger partial charge < -0.3 is 11.5 Å². The predicted molar refractivity (Wildman–Crippen MR) is 39.8 cm³/mol. The fourth-order valence-corrected chi connectivity index (χ4v) is 0.183. The van der Waals surface area contributed by atoms with E-state index in [2.05, 4.69) is 4.99 Å². The lowest BCUT2D eigenvalue weighted by Gasteiger charge is -1.82. The van der Waals surface area contributed by atoms with Gasteiger partial charge >= 0.3 is 0 Å². The number of nitrogens with zero attached hydrogens (tertiary/aromatic N) is 1. The summed E-state index contributed by atoms with van der Waals surface area (Å²) in [6.07, 6.45) is 0. The lowest BCUT2D eigenvalue weighted by molar-refractivity contribution is 1.11. The fourth-order valence-electron chi connectivity index (χ4n) is 0.183. The molecule has 0 heterocycles. The Bertz CT molecular complexity index is 54.7. The second kappa shape index (κ2) is 9.55. The largest absolute Gasteiger partial charge is 0.370 e. The van der Waals surface area contributed by atoms with Crippen LogP contribution in [0.1, 0.15) is 21.8 Å². The van der Waals surface area contributed by atoms with E-state index in [0.717, 1.165) is 0 Å². The highest BCUT2D eigenvalue weighted by atomic mass is 15.0. The summed E-state index contributed by atoms with van der Waals surface area (Å²) >= 11 is 0. The maximum Gasteiger partial charge on any atom is 0.185 e. The number of rotatable bonds is 1. The van der Waals surface area contributed by atoms with Gasteiger partial charge in [0.1, 0.15) is 0 Å². The van der Waals surface area contributed by atoms with Gasteiger partial charge in [0.2, 0.25) is 0 Å². The molecule has 0 saturated heterocycles. The molecule has 8 heavy (non-hydrogen) atoms. The van der Waals surface area contributed by atoms with Gasteiger partial charge in [-0.2, -0.15) is 0 Å². The van der Waals surface area contributed by atoms with E-state index in [-0.39, 0.29) is 20.8 Å². The average Bonchev–Trinajstić information content (AvgIpc) is 1.35. The minimum absolute atomic E-state index is 0. The van der Waals surface area contributed by atoms with Crippen LogP contribution in [0.15, 0.2) is 4.99 Å². The van der Waals surface area contributed by atoms with Gasteiger partial charge in [0.25, 0.3) is 0 Å². The summed E-state index contributed by atoms with van der Waals surface area (Å²) < 4.78 is 0. The molecule has 0 aromatic heterocycles. The molecular formula is C5H17N3. The van der Waals surface area contributed by atoms with E-state index in [1.807, 2.05) is 6.92 Å². The molecule has 0 amide bonds. The van der Waals surface area contributed by atoms with Gasteiger partial charge in [-0.05, 0) is 6.92 Å². The van der Waals surface area contributed by atoms with Gasteiger partial charge in [0.05, 0.1) is 0 Å². The highest BCUT2D eigenvalue weighted by molar-refractivity contribution is 5.75. The Morgan fingerprint density at radius 1 is 1.38 bits per heavy atom. The normalized spacial score (nSPS) is 5.62. The first-order valence-electron chi connectivity index (χ1n) is 1.82. The smallest absolute Gasteiger partial charge is 0.185 e. The Hall–Kier alpha value is -0.730. The molecule has 0 saturated carbocycles. The number of aliphatic imine (C=N–C) groups is 1. The Balaban J connectivity index is -0.000000125. The molecule has 0 unspecified atom stereocenters. The minimum atomic E-state index is 0. The maximum atomic E-state index is 4.93. The quantitative estimate of drug-likeness (QED) is 0.391. The van der Waals surface area contributed by atoms with Crippen LogP contribution in [0.2, 0.25) is 0 Å². The summed E-state index contributed by atoms with van der Waals surface area (Å²) in [5.41, 5.74) is 9.86. The molecule has 4 N–H and O–H groups in total. The first kappa shape index (κ1) is 15.7. The highest BCUT2D eigenvalue weighted by Gasteiger charge is 1.68. The third kappa shape index (κ3) is 18.6. The molecule has 0 radical (unpaired) electrons. The molecule has 0 rings (SSSR count). The van der Waals surface area contributed by atoms with E-state index < -0.39 is 0 Å². The molecule has 0 aliphatic heterocycles. The van der Waals surface area contributed by atoms with Gasteiger partial charge in [-0.1, -0.05) is 14.9 Å². The van der Waals surface area contributed by atoms with Crippen LogP contribution in [0.25, 0.3) is 0 Å². The van der Waals surface area contributed by atoms with Gasteiger partial charge in [-0.25, -0.2) is 0 Å². The number of nitrogens with two attached hydrogens (primary N) is 2. The maximum absolute atomic E-state index is 4.93. The Morgan fingerprint density at radius 2 is 1.75 bits per heavy atom. The fraction of sp³-hybridized carbons (Fsp3) is 0.800. The van der Waals surface area contributed by atoms with E-state index in [4.69, 9.17) is 11.5 Å². The molecule has 3 heteroatoms. The van der Waals surface area contributed by atoms with E-state index in [9.17, 15) is 0 Å². The number of guanidine groups is 1. The summed E-state index contributed by atoms with van der Waals surface area (Å²) in [4.78, 5) is 3.60. The lowest BCUT2D eigenvalue weighted by Crippen LogP contribution is -2.22. The van der Waals surface area contributed by atoms with Crippen molar-refractivity contribution in [1.82, 2.24) is 0 Å². The average molecular weight is 119 g/mol. The van der Waals surface area contributed by atoms with E-state index in [1.165, 1.54) is 0 Å². The van der Waals surface area contributed by atoms with Crippen molar-refractivity contribution in [2.24, 2.45) is 16.5 Å². The Labute approximate surface area is 51.8 Å². The monoisotopic (exact) mass is 119 g/mol. The zero-order valence-electron chi connectivity index (χ0n) is 3.81. The molecular weight excluding hydrogens is 102 g/mol. The molecule has 0 aromatic rings. The van der Waals surface area contributed by atoms with Crippen molar-refractivity contribution in [3.8, 4) is 0 Å². The van der Waals surface area contributed by atoms with Crippen LogP contribution in [0, 0.1) is 0 Å².